The van der Waals surface area contributed by atoms with Gasteiger partial charge >= 0.3 is 0 Å². The first-order valence-corrected chi connectivity index (χ1v) is 8.75. The van der Waals surface area contributed by atoms with Crippen LogP contribution in [0.15, 0.2) is 66.4 Å². The van der Waals surface area contributed by atoms with Gasteiger partial charge in [0.05, 0.1) is 0 Å². The molecule has 1 aliphatic rings. The Morgan fingerprint density at radius 2 is 1.88 bits per heavy atom. The number of carbonyl (C=O) groups is 1. The fraction of sp³-hybridized carbons (Fsp3) is 0.286. The molecule has 1 amide bonds. The molecule has 0 heterocycles. The first kappa shape index (κ1) is 17.1. The molecule has 0 radical (unpaired) electrons. The molecule has 130 valence electrons. The van der Waals surface area contributed by atoms with Crippen LogP contribution in [-0.2, 0) is 4.79 Å². The van der Waals surface area contributed by atoms with E-state index in [1.807, 2.05) is 54.6 Å². The fourth-order valence-corrected chi connectivity index (χ4v) is 3.01. The summed E-state index contributed by atoms with van der Waals surface area (Å²) < 4.78 is 5.74. The monoisotopic (exact) mass is 336 g/mol. The third-order valence-corrected chi connectivity index (χ3v) is 4.28. The molecule has 0 saturated carbocycles. The van der Waals surface area contributed by atoms with Gasteiger partial charge in [0.2, 0.25) is 0 Å². The Balaban J connectivity index is 1.56. The van der Waals surface area contributed by atoms with Crippen LogP contribution in [0.5, 0.6) is 5.75 Å². The predicted molar refractivity (Wildman–Crippen MR) is 99.7 cm³/mol. The summed E-state index contributed by atoms with van der Waals surface area (Å²) in [7, 11) is 0. The molecule has 2 N–H and O–H groups in total. The zero-order valence-corrected chi connectivity index (χ0v) is 14.5. The number of para-hydroxylation sites is 1. The number of hydrogen-bond donors (Lipinski definition) is 2. The summed E-state index contributed by atoms with van der Waals surface area (Å²) in [6.07, 6.45) is 5.51. The lowest BCUT2D eigenvalue weighted by Crippen LogP contribution is -2.40. The van der Waals surface area contributed by atoms with Crippen molar-refractivity contribution in [3.8, 4) is 16.9 Å². The molecule has 4 nitrogen and oxygen atoms in total. The Labute approximate surface area is 148 Å². The van der Waals surface area contributed by atoms with Crippen LogP contribution < -0.4 is 15.6 Å². The highest BCUT2D eigenvalue weighted by Crippen LogP contribution is 2.29. The molecule has 4 heteroatoms. The molecular formula is C21H24N2O2. The first-order chi connectivity index (χ1) is 12.2. The minimum Gasteiger partial charge on any atom is -0.483 e. The maximum Gasteiger partial charge on any atom is 0.276 e. The summed E-state index contributed by atoms with van der Waals surface area (Å²) in [5.41, 5.74) is 8.86. The van der Waals surface area contributed by atoms with Crippen LogP contribution in [0.3, 0.4) is 0 Å². The average Bonchev–Trinajstić information content (AvgIpc) is 2.66. The van der Waals surface area contributed by atoms with Crippen LogP contribution in [0.4, 0.5) is 0 Å². The van der Waals surface area contributed by atoms with Crippen LogP contribution >= 0.6 is 0 Å². The number of carbonyl (C=O) groups excluding carboxylic acids is 1. The number of ether oxygens (including phenoxy) is 1. The summed E-state index contributed by atoms with van der Waals surface area (Å²) in [6.45, 7) is 2.16. The summed E-state index contributed by atoms with van der Waals surface area (Å²) in [5, 5.41) is 0. The Bertz CT molecular complexity index is 741. The van der Waals surface area contributed by atoms with E-state index in [0.717, 1.165) is 29.7 Å². The normalized spacial score (nSPS) is 16.7. The number of amides is 1. The zero-order valence-electron chi connectivity index (χ0n) is 14.5. The van der Waals surface area contributed by atoms with Crippen molar-refractivity contribution in [3.63, 3.8) is 0 Å². The standard InChI is InChI=1S/C21H24N2O2/c1-16-8-7-11-18(14-16)22-23-21(24)15-25-20-13-6-5-12-19(20)17-9-3-2-4-10-17/h2-6,9-10,12-14,16,22H,7-8,11,15H2,1H3,(H,23,24)/t16-/m1/s1. The molecule has 0 saturated heterocycles. The highest BCUT2D eigenvalue weighted by atomic mass is 16.5. The number of hydrazine groups is 1. The van der Waals surface area contributed by atoms with E-state index >= 15 is 0 Å². The highest BCUT2D eigenvalue weighted by Gasteiger charge is 2.11. The van der Waals surface area contributed by atoms with Gasteiger partial charge in [-0.1, -0.05) is 61.5 Å². The van der Waals surface area contributed by atoms with Gasteiger partial charge in [-0.15, -0.1) is 0 Å². The van der Waals surface area contributed by atoms with Gasteiger partial charge in [-0.2, -0.15) is 0 Å². The lowest BCUT2D eigenvalue weighted by molar-refractivity contribution is -0.123. The van der Waals surface area contributed by atoms with Crippen LogP contribution in [0.2, 0.25) is 0 Å². The van der Waals surface area contributed by atoms with Gasteiger partial charge in [0.25, 0.3) is 5.91 Å². The lowest BCUT2D eigenvalue weighted by atomic mass is 9.96. The Morgan fingerprint density at radius 1 is 1.12 bits per heavy atom. The molecule has 2 aromatic carbocycles. The van der Waals surface area contributed by atoms with Gasteiger partial charge in [-0.05, 0) is 36.8 Å². The van der Waals surface area contributed by atoms with E-state index in [9.17, 15) is 4.79 Å². The molecule has 2 aromatic rings. The molecule has 0 spiro atoms. The second kappa shape index (κ2) is 8.38. The molecule has 0 fully saturated rings. The minimum absolute atomic E-state index is 0.0281. The van der Waals surface area contributed by atoms with Crippen molar-refractivity contribution >= 4 is 5.91 Å². The second-order valence-corrected chi connectivity index (χ2v) is 6.39. The van der Waals surface area contributed by atoms with Gasteiger partial charge in [0.1, 0.15) is 5.75 Å². The Kier molecular flexibility index (Phi) is 5.73. The largest absolute Gasteiger partial charge is 0.483 e. The number of hydrogen-bond acceptors (Lipinski definition) is 3. The van der Waals surface area contributed by atoms with Crippen molar-refractivity contribution < 1.29 is 9.53 Å². The van der Waals surface area contributed by atoms with Crippen LogP contribution in [-0.4, -0.2) is 12.5 Å². The smallest absolute Gasteiger partial charge is 0.276 e. The molecule has 0 aromatic heterocycles. The highest BCUT2D eigenvalue weighted by molar-refractivity contribution is 5.78. The molecule has 0 unspecified atom stereocenters. The molecule has 0 aliphatic heterocycles. The van der Waals surface area contributed by atoms with E-state index in [-0.39, 0.29) is 12.5 Å². The summed E-state index contributed by atoms with van der Waals surface area (Å²) >= 11 is 0. The summed E-state index contributed by atoms with van der Waals surface area (Å²) in [5.74, 6) is 1.07. The van der Waals surface area contributed by atoms with E-state index in [2.05, 4.69) is 23.9 Å². The number of nitrogens with one attached hydrogen (secondary N) is 2. The van der Waals surface area contributed by atoms with Gasteiger partial charge < -0.3 is 10.2 Å². The van der Waals surface area contributed by atoms with Gasteiger partial charge in [-0.25, -0.2) is 0 Å². The molecule has 0 bridgehead atoms. The van der Waals surface area contributed by atoms with Crippen molar-refractivity contribution in [3.05, 3.63) is 66.4 Å². The second-order valence-electron chi connectivity index (χ2n) is 6.39. The lowest BCUT2D eigenvalue weighted by Gasteiger charge is -2.19. The van der Waals surface area contributed by atoms with Gasteiger partial charge in [0.15, 0.2) is 6.61 Å². The van der Waals surface area contributed by atoms with Crippen LogP contribution in [0.1, 0.15) is 26.2 Å². The molecular weight excluding hydrogens is 312 g/mol. The maximum absolute atomic E-state index is 12.1. The molecule has 1 atom stereocenters. The SMILES string of the molecule is C[C@H]1C=C(NNC(=O)COc2ccccc2-c2ccccc2)CCC1. The summed E-state index contributed by atoms with van der Waals surface area (Å²) in [4.78, 5) is 12.1. The Morgan fingerprint density at radius 3 is 2.68 bits per heavy atom. The van der Waals surface area contributed by atoms with Crippen LogP contribution in [0.25, 0.3) is 11.1 Å². The van der Waals surface area contributed by atoms with E-state index in [0.29, 0.717) is 11.7 Å². The van der Waals surface area contributed by atoms with Gasteiger partial charge in [0, 0.05) is 11.3 Å². The number of rotatable bonds is 6. The minimum atomic E-state index is -0.193. The quantitative estimate of drug-likeness (QED) is 0.782. The Hall–Kier alpha value is -2.75. The molecule has 3 rings (SSSR count). The van der Waals surface area contributed by atoms with Crippen LogP contribution in [0, 0.1) is 5.92 Å². The van der Waals surface area contributed by atoms with Crippen molar-refractivity contribution in [1.82, 2.24) is 10.9 Å². The van der Waals surface area contributed by atoms with Crippen molar-refractivity contribution in [2.75, 3.05) is 6.61 Å². The van der Waals surface area contributed by atoms with Crippen molar-refractivity contribution in [2.24, 2.45) is 5.92 Å². The van der Waals surface area contributed by atoms with E-state index < -0.39 is 0 Å². The summed E-state index contributed by atoms with van der Waals surface area (Å²) in [6, 6.07) is 17.8. The van der Waals surface area contributed by atoms with Crippen molar-refractivity contribution in [2.45, 2.75) is 26.2 Å². The first-order valence-electron chi connectivity index (χ1n) is 8.75. The molecule has 1 aliphatic carbocycles. The third-order valence-electron chi connectivity index (χ3n) is 4.28. The number of benzene rings is 2. The number of allylic oxidation sites excluding steroid dienone is 2. The van der Waals surface area contributed by atoms with E-state index in [1.165, 1.54) is 6.42 Å². The third kappa shape index (κ3) is 4.86. The molecule has 25 heavy (non-hydrogen) atoms. The fourth-order valence-electron chi connectivity index (χ4n) is 3.01. The maximum atomic E-state index is 12.1. The van der Waals surface area contributed by atoms with E-state index in [1.54, 1.807) is 0 Å². The predicted octanol–water partition coefficient (Wildman–Crippen LogP) is 4.06. The topological polar surface area (TPSA) is 50.4 Å². The average molecular weight is 336 g/mol. The van der Waals surface area contributed by atoms with Gasteiger partial charge in [-0.3, -0.25) is 10.2 Å². The van der Waals surface area contributed by atoms with Crippen molar-refractivity contribution in [1.29, 1.82) is 0 Å². The van der Waals surface area contributed by atoms with E-state index in [4.69, 9.17) is 4.74 Å². The zero-order chi connectivity index (χ0) is 17.5.